The zero-order valence-electron chi connectivity index (χ0n) is 25.8. The molecule has 11 heteroatoms. The van der Waals surface area contributed by atoms with Gasteiger partial charge in [-0.2, -0.15) is 0 Å². The van der Waals surface area contributed by atoms with Crippen molar-refractivity contribution in [1.29, 1.82) is 0 Å². The van der Waals surface area contributed by atoms with E-state index in [1.54, 1.807) is 34.6 Å². The summed E-state index contributed by atoms with van der Waals surface area (Å²) in [4.78, 5) is 49.3. The number of esters is 1. The van der Waals surface area contributed by atoms with Gasteiger partial charge in [0.05, 0.1) is 6.61 Å². The van der Waals surface area contributed by atoms with E-state index in [4.69, 9.17) is 29.4 Å². The van der Waals surface area contributed by atoms with Crippen molar-refractivity contribution in [3.05, 3.63) is 23.8 Å². The Morgan fingerprint density at radius 3 is 1.85 bits per heavy atom. The third-order valence-corrected chi connectivity index (χ3v) is 6.88. The fourth-order valence-corrected chi connectivity index (χ4v) is 3.56. The molecule has 41 heavy (non-hydrogen) atoms. The van der Waals surface area contributed by atoms with Gasteiger partial charge < -0.3 is 34.5 Å². The molecule has 1 aromatic carbocycles. The number of nitrogens with two attached hydrogens (primary N) is 1. The molecular formula is C30H47NO10. The molecule has 3 atom stereocenters. The lowest BCUT2D eigenvalue weighted by Gasteiger charge is -2.28. The van der Waals surface area contributed by atoms with Crippen LogP contribution in [0.2, 0.25) is 0 Å². The molecule has 0 aliphatic heterocycles. The van der Waals surface area contributed by atoms with Gasteiger partial charge in [-0.15, -0.1) is 0 Å². The summed E-state index contributed by atoms with van der Waals surface area (Å²) in [5, 5.41) is 9.74. The molecule has 0 saturated heterocycles. The van der Waals surface area contributed by atoms with E-state index in [0.717, 1.165) is 0 Å². The normalized spacial score (nSPS) is 14.0. The Labute approximate surface area is 243 Å². The van der Waals surface area contributed by atoms with Gasteiger partial charge >= 0.3 is 24.2 Å². The van der Waals surface area contributed by atoms with Crippen LogP contribution in [0.4, 0.5) is 9.59 Å². The van der Waals surface area contributed by atoms with Gasteiger partial charge in [-0.3, -0.25) is 9.59 Å². The third-order valence-electron chi connectivity index (χ3n) is 6.88. The number of carbonyl (C=O) groups excluding carboxylic acids is 3. The Bertz CT molecular complexity index is 1050. The molecule has 0 spiro atoms. The van der Waals surface area contributed by atoms with Crippen LogP contribution in [0.25, 0.3) is 0 Å². The average Bonchev–Trinajstić information content (AvgIpc) is 2.86. The molecular weight excluding hydrogens is 534 g/mol. The van der Waals surface area contributed by atoms with Gasteiger partial charge in [0.1, 0.15) is 17.2 Å². The van der Waals surface area contributed by atoms with Crippen LogP contribution in [0.15, 0.2) is 18.2 Å². The lowest BCUT2D eigenvalue weighted by molar-refractivity contribution is -0.145. The van der Waals surface area contributed by atoms with Crippen molar-refractivity contribution in [1.82, 2.24) is 0 Å². The third kappa shape index (κ3) is 12.4. The summed E-state index contributed by atoms with van der Waals surface area (Å²) in [6.07, 6.45) is -0.129. The van der Waals surface area contributed by atoms with Crippen LogP contribution in [0.3, 0.4) is 0 Å². The Hall–Kier alpha value is -3.34. The van der Waals surface area contributed by atoms with Crippen LogP contribution in [-0.4, -0.2) is 53.2 Å². The summed E-state index contributed by atoms with van der Waals surface area (Å²) in [6.45, 7) is 16.1. The quantitative estimate of drug-likeness (QED) is 0.138. The number of aliphatic carboxylic acids is 1. The Morgan fingerprint density at radius 1 is 0.878 bits per heavy atom. The van der Waals surface area contributed by atoms with Crippen LogP contribution < -0.4 is 15.2 Å². The Kier molecular flexibility index (Phi) is 13.6. The fourth-order valence-electron chi connectivity index (χ4n) is 3.56. The standard InChI is InChI=1S/C30H47NO10/c1-10-29(6,7)40-27(35)38-21-14-13-20(16-22(21)39-28(36)41-30(8,9)11-2)24(25(31)26(33)34)19(5)17-37-23(32)15-12-18(3)4/h13-14,16,18-19,24-25H,10-12,15,17,31H2,1-9H3,(H,33,34)/t19?,24?,25-/m0/s1. The van der Waals surface area contributed by atoms with Crippen molar-refractivity contribution < 1.29 is 48.0 Å². The van der Waals surface area contributed by atoms with Crippen LogP contribution in [0, 0.1) is 11.8 Å². The molecule has 0 radical (unpaired) electrons. The van der Waals surface area contributed by atoms with Crippen molar-refractivity contribution in [2.24, 2.45) is 17.6 Å². The van der Waals surface area contributed by atoms with Gasteiger partial charge in [-0.25, -0.2) is 9.59 Å². The highest BCUT2D eigenvalue weighted by molar-refractivity contribution is 5.75. The summed E-state index contributed by atoms with van der Waals surface area (Å²) in [6, 6.07) is 2.83. The van der Waals surface area contributed by atoms with Crippen molar-refractivity contribution in [2.45, 2.75) is 111 Å². The molecule has 2 unspecified atom stereocenters. The zero-order chi connectivity index (χ0) is 31.5. The maximum atomic E-state index is 12.7. The first kappa shape index (κ1) is 35.7. The number of carbonyl (C=O) groups is 4. The number of rotatable bonds is 15. The first-order valence-electron chi connectivity index (χ1n) is 14.0. The molecule has 11 nitrogen and oxygen atoms in total. The second kappa shape index (κ2) is 15.6. The fraction of sp³-hybridized carbons (Fsp3) is 0.667. The minimum absolute atomic E-state index is 0.0812. The number of ether oxygens (including phenoxy) is 5. The summed E-state index contributed by atoms with van der Waals surface area (Å²) in [7, 11) is 0. The van der Waals surface area contributed by atoms with E-state index in [9.17, 15) is 24.3 Å². The maximum absolute atomic E-state index is 12.7. The summed E-state index contributed by atoms with van der Waals surface area (Å²) >= 11 is 0. The van der Waals surface area contributed by atoms with E-state index < -0.39 is 53.3 Å². The highest BCUT2D eigenvalue weighted by Crippen LogP contribution is 2.36. The largest absolute Gasteiger partial charge is 0.514 e. The van der Waals surface area contributed by atoms with Crippen LogP contribution in [-0.2, 0) is 23.8 Å². The van der Waals surface area contributed by atoms with Crippen LogP contribution in [0.5, 0.6) is 11.5 Å². The van der Waals surface area contributed by atoms with Crippen molar-refractivity contribution in [3.63, 3.8) is 0 Å². The van der Waals surface area contributed by atoms with Gasteiger partial charge in [0.25, 0.3) is 0 Å². The van der Waals surface area contributed by atoms with Crippen molar-refractivity contribution in [2.75, 3.05) is 6.61 Å². The molecule has 0 aliphatic rings. The molecule has 0 amide bonds. The molecule has 1 aromatic rings. The second-order valence-electron chi connectivity index (χ2n) is 11.8. The second-order valence-corrected chi connectivity index (χ2v) is 11.8. The highest BCUT2D eigenvalue weighted by atomic mass is 16.8. The topological polar surface area (TPSA) is 161 Å². The van der Waals surface area contributed by atoms with Crippen molar-refractivity contribution >= 4 is 24.2 Å². The number of benzene rings is 1. The van der Waals surface area contributed by atoms with E-state index in [-0.39, 0.29) is 24.5 Å². The molecule has 0 heterocycles. The molecule has 1 rings (SSSR count). The molecule has 0 aromatic heterocycles. The van der Waals surface area contributed by atoms with Gasteiger partial charge in [0.15, 0.2) is 11.5 Å². The van der Waals surface area contributed by atoms with Gasteiger partial charge in [0.2, 0.25) is 0 Å². The molecule has 0 fully saturated rings. The lowest BCUT2D eigenvalue weighted by atomic mass is 9.82. The first-order valence-corrected chi connectivity index (χ1v) is 14.0. The molecule has 0 saturated carbocycles. The molecule has 0 aliphatic carbocycles. The Balaban J connectivity index is 3.40. The predicted molar refractivity (Wildman–Crippen MR) is 152 cm³/mol. The van der Waals surface area contributed by atoms with E-state index in [0.29, 0.717) is 30.7 Å². The minimum Gasteiger partial charge on any atom is -0.480 e. The summed E-state index contributed by atoms with van der Waals surface area (Å²) in [5.41, 5.74) is 4.80. The first-order chi connectivity index (χ1) is 18.9. The maximum Gasteiger partial charge on any atom is 0.514 e. The SMILES string of the molecule is CCC(C)(C)OC(=O)Oc1ccc(C(C(C)COC(=O)CCC(C)C)[C@H](N)C(=O)O)cc1OC(=O)OC(C)(C)CC. The minimum atomic E-state index is -1.39. The zero-order valence-corrected chi connectivity index (χ0v) is 25.8. The van der Waals surface area contributed by atoms with Gasteiger partial charge in [0, 0.05) is 12.3 Å². The smallest absolute Gasteiger partial charge is 0.480 e. The number of carboxylic acid groups (broad SMARTS) is 1. The monoisotopic (exact) mass is 581 g/mol. The van der Waals surface area contributed by atoms with Gasteiger partial charge in [-0.05, 0) is 76.5 Å². The van der Waals surface area contributed by atoms with Gasteiger partial charge in [-0.1, -0.05) is 40.7 Å². The predicted octanol–water partition coefficient (Wildman–Crippen LogP) is 6.21. The lowest BCUT2D eigenvalue weighted by Crippen LogP contribution is -2.40. The summed E-state index contributed by atoms with van der Waals surface area (Å²) < 4.78 is 26.9. The van der Waals surface area contributed by atoms with E-state index >= 15 is 0 Å². The van der Waals surface area contributed by atoms with Crippen LogP contribution in [0.1, 0.15) is 99.5 Å². The van der Waals surface area contributed by atoms with E-state index in [2.05, 4.69) is 0 Å². The van der Waals surface area contributed by atoms with E-state index in [1.807, 2.05) is 27.7 Å². The molecule has 0 bridgehead atoms. The van der Waals surface area contributed by atoms with Crippen LogP contribution >= 0.6 is 0 Å². The Morgan fingerprint density at radius 2 is 1.39 bits per heavy atom. The van der Waals surface area contributed by atoms with E-state index in [1.165, 1.54) is 18.2 Å². The number of hydrogen-bond donors (Lipinski definition) is 2. The number of carboxylic acids is 1. The average molecular weight is 582 g/mol. The molecule has 232 valence electrons. The van der Waals surface area contributed by atoms with Crippen molar-refractivity contribution in [3.8, 4) is 11.5 Å². The summed E-state index contributed by atoms with van der Waals surface area (Å²) in [5.74, 6) is -3.09. The highest BCUT2D eigenvalue weighted by Gasteiger charge is 2.33. The number of hydrogen-bond acceptors (Lipinski definition) is 10. The molecule has 3 N–H and O–H groups in total.